The number of hydrogen-bond donors (Lipinski definition) is 3. The van der Waals surface area contributed by atoms with Gasteiger partial charge < -0.3 is 20.5 Å². The summed E-state index contributed by atoms with van der Waals surface area (Å²) in [6.45, 7) is 0.671. The molecular weight excluding hydrogens is 401 g/mol. The monoisotopic (exact) mass is 425 g/mol. The van der Waals surface area contributed by atoms with E-state index in [2.05, 4.69) is 10.6 Å². The van der Waals surface area contributed by atoms with Gasteiger partial charge in [0.2, 0.25) is 0 Å². The predicted octanol–water partition coefficient (Wildman–Crippen LogP) is 1.32. The first kappa shape index (κ1) is 22.4. The molecule has 2 atom stereocenters. The maximum Gasteiger partial charge on any atom is 0.308 e. The van der Waals surface area contributed by atoms with Gasteiger partial charge in [0, 0.05) is 18.1 Å². The number of aromatic nitrogens is 1. The van der Waals surface area contributed by atoms with Crippen LogP contribution in [-0.2, 0) is 4.79 Å². The summed E-state index contributed by atoms with van der Waals surface area (Å²) in [5.41, 5.74) is 0.0129. The second-order valence-electron chi connectivity index (χ2n) is 7.51. The molecule has 2 unspecified atom stereocenters. The lowest BCUT2D eigenvalue weighted by Crippen LogP contribution is -2.46. The zero-order valence-corrected chi connectivity index (χ0v) is 17.0. The molecule has 2 aromatic rings. The van der Waals surface area contributed by atoms with E-state index in [1.165, 1.54) is 16.7 Å². The molecule has 1 aliphatic rings. The van der Waals surface area contributed by atoms with Gasteiger partial charge in [-0.2, -0.15) is 0 Å². The van der Waals surface area contributed by atoms with Crippen molar-refractivity contribution in [3.63, 3.8) is 0 Å². The number of rotatable bonds is 8. The highest BCUT2D eigenvalue weighted by Gasteiger charge is 2.32. The summed E-state index contributed by atoms with van der Waals surface area (Å²) in [7, 11) is 4.99. The van der Waals surface area contributed by atoms with Crippen molar-refractivity contribution in [1.29, 1.82) is 0 Å². The van der Waals surface area contributed by atoms with Gasteiger partial charge in [0.15, 0.2) is 13.7 Å². The minimum atomic E-state index is -0.937. The number of carboxylic acid groups (broad SMARTS) is 1. The molecular formula is C21H24BN3O6. The number of carboxylic acids is 1. The van der Waals surface area contributed by atoms with Crippen molar-refractivity contribution in [2.75, 3.05) is 13.2 Å². The number of ether oxygens (including phenoxy) is 1. The highest BCUT2D eigenvalue weighted by atomic mass is 16.5. The fraction of sp³-hybridized carbons (Fsp3) is 0.429. The number of nitrogens with one attached hydrogen (secondary N) is 2. The molecule has 0 bridgehead atoms. The Morgan fingerprint density at radius 2 is 1.90 bits per heavy atom. The smallest absolute Gasteiger partial charge is 0.308 e. The molecule has 1 aliphatic carbocycles. The van der Waals surface area contributed by atoms with Crippen molar-refractivity contribution in [2.24, 2.45) is 5.92 Å². The van der Waals surface area contributed by atoms with Crippen molar-refractivity contribution in [2.45, 2.75) is 38.1 Å². The normalized spacial score (nSPS) is 18.3. The molecule has 9 nitrogen and oxygen atoms in total. The Balaban J connectivity index is 1.73. The number of pyridine rings is 2. The lowest BCUT2D eigenvalue weighted by molar-refractivity contribution is -0.143. The van der Waals surface area contributed by atoms with Crippen LogP contribution >= 0.6 is 0 Å². The molecule has 31 heavy (non-hydrogen) atoms. The van der Waals surface area contributed by atoms with Gasteiger partial charge in [-0.25, -0.2) is 0 Å². The zero-order chi connectivity index (χ0) is 22.4. The van der Waals surface area contributed by atoms with Crippen molar-refractivity contribution in [3.8, 4) is 5.75 Å². The molecule has 2 aromatic heterocycles. The Labute approximate surface area is 180 Å². The van der Waals surface area contributed by atoms with Gasteiger partial charge in [0.05, 0.1) is 18.7 Å². The van der Waals surface area contributed by atoms with Crippen LogP contribution in [0, 0.1) is 5.92 Å². The van der Waals surface area contributed by atoms with E-state index in [1.54, 1.807) is 18.2 Å². The largest absolute Gasteiger partial charge is 0.492 e. The van der Waals surface area contributed by atoms with Crippen molar-refractivity contribution >= 4 is 31.0 Å². The summed E-state index contributed by atoms with van der Waals surface area (Å²) < 4.78 is 6.92. The zero-order valence-electron chi connectivity index (χ0n) is 17.0. The quantitative estimate of drug-likeness (QED) is 0.433. The number of nitrogens with zero attached hydrogens (tertiary/aromatic N) is 1. The fourth-order valence-corrected chi connectivity index (χ4v) is 3.75. The Morgan fingerprint density at radius 1 is 1.16 bits per heavy atom. The van der Waals surface area contributed by atoms with E-state index in [0.29, 0.717) is 43.7 Å². The minimum absolute atomic E-state index is 0.0602. The molecule has 2 radical (unpaired) electrons. The van der Waals surface area contributed by atoms with Crippen molar-refractivity contribution in [3.05, 3.63) is 46.4 Å². The first-order valence-electron chi connectivity index (χ1n) is 10.2. The van der Waals surface area contributed by atoms with E-state index < -0.39 is 35.2 Å². The molecule has 0 aromatic carbocycles. The van der Waals surface area contributed by atoms with Crippen LogP contribution in [0.15, 0.2) is 35.3 Å². The lowest BCUT2D eigenvalue weighted by Gasteiger charge is -2.29. The molecule has 0 spiro atoms. The minimum Gasteiger partial charge on any atom is -0.492 e. The first-order valence-corrected chi connectivity index (χ1v) is 10.2. The summed E-state index contributed by atoms with van der Waals surface area (Å²) in [6.07, 6.45) is 4.75. The molecule has 2 amide bonds. The Kier molecular flexibility index (Phi) is 7.33. The van der Waals surface area contributed by atoms with Gasteiger partial charge in [-0.15, -0.1) is 0 Å². The molecule has 0 saturated heterocycles. The van der Waals surface area contributed by atoms with Crippen LogP contribution in [0.3, 0.4) is 0 Å². The summed E-state index contributed by atoms with van der Waals surface area (Å²) >= 11 is 0. The van der Waals surface area contributed by atoms with E-state index in [4.69, 9.17) is 12.6 Å². The van der Waals surface area contributed by atoms with Crippen molar-refractivity contribution < 1.29 is 24.2 Å². The summed E-state index contributed by atoms with van der Waals surface area (Å²) in [6, 6.07) is 5.99. The summed E-state index contributed by atoms with van der Waals surface area (Å²) in [5.74, 6) is -2.34. The maximum absolute atomic E-state index is 12.9. The molecule has 0 aliphatic heterocycles. The van der Waals surface area contributed by atoms with Gasteiger partial charge in [-0.1, -0.05) is 12.8 Å². The number of carbonyl (C=O) groups excluding carboxylic acids is 2. The number of aliphatic carboxylic acids is 1. The van der Waals surface area contributed by atoms with E-state index in [0.717, 1.165) is 12.8 Å². The van der Waals surface area contributed by atoms with Crippen LogP contribution in [0.5, 0.6) is 5.75 Å². The highest BCUT2D eigenvalue weighted by molar-refractivity contribution is 6.57. The molecule has 162 valence electrons. The molecule has 3 N–H and O–H groups in total. The molecule has 1 saturated carbocycles. The number of hydrogen-bond acceptors (Lipinski definition) is 5. The Hall–Kier alpha value is -3.30. The second-order valence-corrected chi connectivity index (χ2v) is 7.51. The van der Waals surface area contributed by atoms with Crippen LogP contribution < -0.4 is 20.9 Å². The lowest BCUT2D eigenvalue weighted by atomic mass is 9.84. The Morgan fingerprint density at radius 3 is 2.65 bits per heavy atom. The molecule has 2 heterocycles. The predicted molar refractivity (Wildman–Crippen MR) is 114 cm³/mol. The molecule has 3 rings (SSSR count). The molecule has 1 fully saturated rings. The SMILES string of the molecule is [B]C(=O)NCCCOc1ccc2ccc(C(=O)NC3CCCCC3C(=O)O)c(=O)n2c1. The summed E-state index contributed by atoms with van der Waals surface area (Å²) in [5, 5.41) is 14.6. The van der Waals surface area contributed by atoms with E-state index in [9.17, 15) is 24.3 Å². The molecule has 10 heteroatoms. The van der Waals surface area contributed by atoms with E-state index in [1.807, 2.05) is 0 Å². The maximum atomic E-state index is 12.9. The van der Waals surface area contributed by atoms with Crippen LogP contribution in [0.25, 0.3) is 5.52 Å². The van der Waals surface area contributed by atoms with Crippen LogP contribution in [0.2, 0.25) is 0 Å². The second kappa shape index (κ2) is 10.1. The van der Waals surface area contributed by atoms with Gasteiger partial charge in [-0.3, -0.25) is 23.6 Å². The third-order valence-corrected chi connectivity index (χ3v) is 5.36. The topological polar surface area (TPSA) is 126 Å². The third kappa shape index (κ3) is 5.65. The Bertz CT molecular complexity index is 1040. The first-order chi connectivity index (χ1) is 14.9. The number of amides is 2. The van der Waals surface area contributed by atoms with Gasteiger partial charge in [-0.05, 0) is 43.5 Å². The standard InChI is InChI=1S/C21H24BN3O6/c22-21(30)23-10-3-11-31-14-8-6-13-7-9-16(19(27)25(13)12-14)18(26)24-17-5-2-1-4-15(17)20(28)29/h6-9,12,15,17H,1-5,10-11H2,(H,23,30)(H,24,26)(H,28,29). The van der Waals surface area contributed by atoms with Crippen LogP contribution in [0.4, 0.5) is 4.79 Å². The average Bonchev–Trinajstić information content (AvgIpc) is 2.74. The van der Waals surface area contributed by atoms with Crippen molar-refractivity contribution in [1.82, 2.24) is 15.0 Å². The fourth-order valence-electron chi connectivity index (χ4n) is 3.75. The van der Waals surface area contributed by atoms with E-state index in [-0.39, 0.29) is 5.56 Å². The highest BCUT2D eigenvalue weighted by Crippen LogP contribution is 2.25. The van der Waals surface area contributed by atoms with Crippen LogP contribution in [0.1, 0.15) is 42.5 Å². The average molecular weight is 425 g/mol. The summed E-state index contributed by atoms with van der Waals surface area (Å²) in [4.78, 5) is 47.8. The van der Waals surface area contributed by atoms with E-state index >= 15 is 0 Å². The number of fused-ring (bicyclic) bond motifs is 1. The van der Waals surface area contributed by atoms with Crippen LogP contribution in [-0.4, -0.2) is 54.2 Å². The third-order valence-electron chi connectivity index (χ3n) is 5.36. The van der Waals surface area contributed by atoms with Gasteiger partial charge in [0.25, 0.3) is 11.5 Å². The van der Waals surface area contributed by atoms with Gasteiger partial charge >= 0.3 is 5.97 Å². The van der Waals surface area contributed by atoms with Gasteiger partial charge in [0.1, 0.15) is 11.3 Å². The number of carbonyl (C=O) groups is 3.